The largest absolute Gasteiger partial charge is 0.492 e. The summed E-state index contributed by atoms with van der Waals surface area (Å²) in [6.07, 6.45) is 0. The molecule has 0 aliphatic heterocycles. The highest BCUT2D eigenvalue weighted by Gasteiger charge is 2.10. The van der Waals surface area contributed by atoms with Crippen LogP contribution in [0.15, 0.2) is 12.1 Å². The van der Waals surface area contributed by atoms with Crippen molar-refractivity contribution in [2.24, 2.45) is 0 Å². The molecule has 0 atom stereocenters. The van der Waals surface area contributed by atoms with Crippen LogP contribution >= 0.6 is 11.6 Å². The van der Waals surface area contributed by atoms with Gasteiger partial charge in [-0.3, -0.25) is 0 Å². The quantitative estimate of drug-likeness (QED) is 0.705. The summed E-state index contributed by atoms with van der Waals surface area (Å²) in [6, 6.07) is 3.17. The zero-order chi connectivity index (χ0) is 9.42. The number of hydrogen-bond acceptors (Lipinski definition) is 4. The van der Waals surface area contributed by atoms with E-state index >= 15 is 0 Å². The molecule has 2 aromatic heterocycles. The fourth-order valence-electron chi connectivity index (χ4n) is 1.08. The Morgan fingerprint density at radius 3 is 2.92 bits per heavy atom. The number of rotatable bonds is 1. The molecule has 0 unspecified atom stereocenters. The molecule has 0 saturated heterocycles. The first kappa shape index (κ1) is 8.28. The van der Waals surface area contributed by atoms with Crippen LogP contribution in [-0.4, -0.2) is 24.8 Å². The summed E-state index contributed by atoms with van der Waals surface area (Å²) in [5, 5.41) is 22.3. The number of aliphatic hydroxyl groups is 1. The topological polar surface area (TPSA) is 70.7 Å². The van der Waals surface area contributed by atoms with Crippen LogP contribution in [-0.2, 0) is 6.61 Å². The second-order valence-electron chi connectivity index (χ2n) is 2.47. The first-order valence-corrected chi connectivity index (χ1v) is 3.94. The second-order valence-corrected chi connectivity index (χ2v) is 2.85. The van der Waals surface area contributed by atoms with Crippen LogP contribution in [0.3, 0.4) is 0 Å². The van der Waals surface area contributed by atoms with Gasteiger partial charge in [-0.05, 0) is 12.1 Å². The van der Waals surface area contributed by atoms with Crippen LogP contribution in [0.5, 0.6) is 5.88 Å². The summed E-state index contributed by atoms with van der Waals surface area (Å²) in [4.78, 5) is 3.76. The van der Waals surface area contributed by atoms with Gasteiger partial charge in [0.05, 0.1) is 6.61 Å². The van der Waals surface area contributed by atoms with E-state index < -0.39 is 0 Å². The molecule has 0 bridgehead atoms. The van der Waals surface area contributed by atoms with E-state index in [0.717, 1.165) is 0 Å². The van der Waals surface area contributed by atoms with Crippen LogP contribution in [0.25, 0.3) is 5.65 Å². The molecule has 5 nitrogen and oxygen atoms in total. The average molecular weight is 200 g/mol. The zero-order valence-corrected chi connectivity index (χ0v) is 7.23. The molecule has 0 amide bonds. The van der Waals surface area contributed by atoms with Gasteiger partial charge in [0.25, 0.3) is 0 Å². The highest BCUT2D eigenvalue weighted by atomic mass is 35.5. The molecule has 2 heterocycles. The maximum Gasteiger partial charge on any atom is 0.237 e. The molecule has 6 heteroatoms. The van der Waals surface area contributed by atoms with Gasteiger partial charge >= 0.3 is 0 Å². The van der Waals surface area contributed by atoms with Gasteiger partial charge in [0.15, 0.2) is 5.65 Å². The first-order valence-electron chi connectivity index (χ1n) is 3.56. The van der Waals surface area contributed by atoms with Crippen molar-refractivity contribution in [3.05, 3.63) is 23.0 Å². The van der Waals surface area contributed by atoms with Crippen LogP contribution < -0.4 is 0 Å². The van der Waals surface area contributed by atoms with Crippen molar-refractivity contribution in [1.82, 2.24) is 14.6 Å². The maximum atomic E-state index is 9.25. The van der Waals surface area contributed by atoms with Crippen LogP contribution in [0.1, 0.15) is 5.69 Å². The van der Waals surface area contributed by atoms with E-state index in [2.05, 4.69) is 10.1 Å². The predicted molar refractivity (Wildman–Crippen MR) is 45.6 cm³/mol. The minimum absolute atomic E-state index is 0.225. The Morgan fingerprint density at radius 1 is 1.46 bits per heavy atom. The smallest absolute Gasteiger partial charge is 0.237 e. The molecule has 0 aliphatic rings. The molecule has 13 heavy (non-hydrogen) atoms. The lowest BCUT2D eigenvalue weighted by Crippen LogP contribution is -1.97. The molecule has 0 aliphatic carbocycles. The van der Waals surface area contributed by atoms with Crippen LogP contribution in [0.4, 0.5) is 0 Å². The Hall–Kier alpha value is -1.33. The molecular formula is C7H6ClN3O2. The number of hydrogen-bond donors (Lipinski definition) is 2. The van der Waals surface area contributed by atoms with Crippen molar-refractivity contribution >= 4 is 17.2 Å². The minimum atomic E-state index is -0.333. The fraction of sp³-hybridized carbons (Fsp3) is 0.143. The second kappa shape index (κ2) is 2.86. The lowest BCUT2D eigenvalue weighted by Gasteiger charge is -1.96. The van der Waals surface area contributed by atoms with Gasteiger partial charge in [0.2, 0.25) is 5.88 Å². The van der Waals surface area contributed by atoms with Gasteiger partial charge in [-0.25, -0.2) is 4.52 Å². The van der Waals surface area contributed by atoms with E-state index in [-0.39, 0.29) is 23.3 Å². The molecule has 0 saturated carbocycles. The number of aromatic hydroxyl groups is 1. The summed E-state index contributed by atoms with van der Waals surface area (Å²) in [5.74, 6) is -0.225. The van der Waals surface area contributed by atoms with Crippen molar-refractivity contribution in [3.8, 4) is 5.88 Å². The number of aliphatic hydroxyl groups excluding tert-OH is 1. The predicted octanol–water partition coefficient (Wildman–Crippen LogP) is 0.581. The van der Waals surface area contributed by atoms with Crippen molar-refractivity contribution in [1.29, 1.82) is 0 Å². The Kier molecular flexibility index (Phi) is 1.82. The summed E-state index contributed by atoms with van der Waals surface area (Å²) in [6.45, 7) is -0.333. The van der Waals surface area contributed by atoms with E-state index in [0.29, 0.717) is 5.65 Å². The third-order valence-corrected chi connectivity index (χ3v) is 1.87. The fourth-order valence-corrected chi connectivity index (χ4v) is 1.22. The van der Waals surface area contributed by atoms with Gasteiger partial charge in [-0.1, -0.05) is 11.6 Å². The zero-order valence-electron chi connectivity index (χ0n) is 6.48. The van der Waals surface area contributed by atoms with Gasteiger partial charge in [-0.2, -0.15) is 10.1 Å². The van der Waals surface area contributed by atoms with E-state index in [4.69, 9.17) is 16.7 Å². The third-order valence-electron chi connectivity index (χ3n) is 1.67. The molecular weight excluding hydrogens is 194 g/mol. The van der Waals surface area contributed by atoms with E-state index in [1.807, 2.05) is 0 Å². The van der Waals surface area contributed by atoms with Crippen molar-refractivity contribution in [2.75, 3.05) is 0 Å². The molecule has 2 rings (SSSR count). The average Bonchev–Trinajstić information content (AvgIpc) is 2.40. The van der Waals surface area contributed by atoms with Crippen molar-refractivity contribution in [2.45, 2.75) is 6.61 Å². The number of nitrogens with zero attached hydrogens (tertiary/aromatic N) is 3. The van der Waals surface area contributed by atoms with Gasteiger partial charge in [0.1, 0.15) is 10.8 Å². The summed E-state index contributed by atoms with van der Waals surface area (Å²) >= 11 is 5.63. The number of imidazole rings is 1. The number of halogens is 1. The minimum Gasteiger partial charge on any atom is -0.492 e. The molecule has 0 fully saturated rings. The third kappa shape index (κ3) is 1.22. The van der Waals surface area contributed by atoms with Crippen molar-refractivity contribution < 1.29 is 10.2 Å². The van der Waals surface area contributed by atoms with Crippen molar-refractivity contribution in [3.63, 3.8) is 0 Å². The molecule has 68 valence electrons. The van der Waals surface area contributed by atoms with Crippen LogP contribution in [0.2, 0.25) is 5.15 Å². The maximum absolute atomic E-state index is 9.25. The standard InChI is InChI=1S/C7H6ClN3O2/c8-5-1-2-6-9-7(13)4(3-12)11(6)10-5/h1-2,12-13H,3H2. The molecule has 2 N–H and O–H groups in total. The highest BCUT2D eigenvalue weighted by Crippen LogP contribution is 2.18. The van der Waals surface area contributed by atoms with E-state index in [1.165, 1.54) is 4.52 Å². The summed E-state index contributed by atoms with van der Waals surface area (Å²) < 4.78 is 1.30. The van der Waals surface area contributed by atoms with Gasteiger partial charge in [-0.15, -0.1) is 0 Å². The lowest BCUT2D eigenvalue weighted by atomic mass is 10.5. The van der Waals surface area contributed by atoms with E-state index in [9.17, 15) is 5.11 Å². The Labute approximate surface area is 78.2 Å². The first-order chi connectivity index (χ1) is 6.22. The summed E-state index contributed by atoms with van der Waals surface area (Å²) in [5.41, 5.74) is 0.684. The number of aromatic nitrogens is 3. The molecule has 0 spiro atoms. The van der Waals surface area contributed by atoms with Gasteiger partial charge in [0, 0.05) is 0 Å². The SMILES string of the molecule is OCc1c(O)nc2ccc(Cl)nn12. The Bertz CT molecular complexity index is 454. The van der Waals surface area contributed by atoms with E-state index in [1.54, 1.807) is 12.1 Å². The molecule has 2 aromatic rings. The molecule has 0 radical (unpaired) electrons. The monoisotopic (exact) mass is 199 g/mol. The Morgan fingerprint density at radius 2 is 2.23 bits per heavy atom. The molecule has 0 aromatic carbocycles. The lowest BCUT2D eigenvalue weighted by molar-refractivity contribution is 0.267. The Balaban J connectivity index is 2.80. The van der Waals surface area contributed by atoms with Crippen LogP contribution in [0, 0.1) is 0 Å². The van der Waals surface area contributed by atoms with Gasteiger partial charge < -0.3 is 10.2 Å². The number of fused-ring (bicyclic) bond motifs is 1. The highest BCUT2D eigenvalue weighted by molar-refractivity contribution is 6.29. The normalized spacial score (nSPS) is 10.9. The summed E-state index contributed by atoms with van der Waals surface area (Å²) in [7, 11) is 0.